The Morgan fingerprint density at radius 3 is 2.60 bits per heavy atom. The van der Waals surface area contributed by atoms with Crippen molar-refractivity contribution in [3.8, 4) is 0 Å². The summed E-state index contributed by atoms with van der Waals surface area (Å²) in [4.78, 5) is 0. The first kappa shape index (κ1) is 14.3. The van der Waals surface area contributed by atoms with Crippen LogP contribution >= 0.6 is 11.6 Å². The number of hydrogen-bond acceptors (Lipinski definition) is 1. The smallest absolute Gasteiger partial charge is 0.160 e. The molecule has 0 heterocycles. The first-order chi connectivity index (χ1) is 9.60. The number of hydrogen-bond donors (Lipinski definition) is 1. The van der Waals surface area contributed by atoms with E-state index in [0.29, 0.717) is 22.4 Å². The molecule has 1 aromatic carbocycles. The van der Waals surface area contributed by atoms with Crippen LogP contribution in [0.3, 0.4) is 0 Å². The molecule has 0 spiro atoms. The van der Waals surface area contributed by atoms with Gasteiger partial charge in [0.2, 0.25) is 0 Å². The molecule has 0 radical (unpaired) electrons. The molecule has 0 aromatic heterocycles. The zero-order chi connectivity index (χ0) is 14.3. The third-order valence-electron chi connectivity index (χ3n) is 5.02. The van der Waals surface area contributed by atoms with Crippen molar-refractivity contribution in [2.24, 2.45) is 17.8 Å². The Morgan fingerprint density at radius 1 is 1.25 bits per heavy atom. The lowest BCUT2D eigenvalue weighted by Crippen LogP contribution is -2.31. The average Bonchev–Trinajstić information content (AvgIpc) is 3.03. The van der Waals surface area contributed by atoms with Crippen molar-refractivity contribution in [1.82, 2.24) is 5.32 Å². The Labute approximate surface area is 123 Å². The van der Waals surface area contributed by atoms with E-state index in [-0.39, 0.29) is 6.04 Å². The highest BCUT2D eigenvalue weighted by atomic mass is 35.5. The normalized spacial score (nSPS) is 29.9. The van der Waals surface area contributed by atoms with E-state index in [9.17, 15) is 8.78 Å². The van der Waals surface area contributed by atoms with Crippen molar-refractivity contribution in [2.45, 2.75) is 38.6 Å². The zero-order valence-corrected chi connectivity index (χ0v) is 12.4. The van der Waals surface area contributed by atoms with E-state index in [1.165, 1.54) is 31.7 Å². The summed E-state index contributed by atoms with van der Waals surface area (Å²) in [7, 11) is 0. The molecular formula is C16H20ClF2N. The maximum atomic E-state index is 13.6. The molecule has 2 fully saturated rings. The minimum atomic E-state index is -0.873. The molecule has 0 aliphatic heterocycles. The fourth-order valence-corrected chi connectivity index (χ4v) is 4.46. The summed E-state index contributed by atoms with van der Waals surface area (Å²) in [5, 5.41) is 3.77. The van der Waals surface area contributed by atoms with E-state index in [0.717, 1.165) is 18.5 Å². The molecule has 4 heteroatoms. The summed E-state index contributed by atoms with van der Waals surface area (Å²) in [6, 6.07) is 2.42. The molecule has 110 valence electrons. The number of rotatable bonds is 4. The second-order valence-corrected chi connectivity index (χ2v) is 6.57. The summed E-state index contributed by atoms with van der Waals surface area (Å²) >= 11 is 6.17. The maximum absolute atomic E-state index is 13.6. The van der Waals surface area contributed by atoms with Crippen LogP contribution in [0, 0.1) is 29.4 Å². The lowest BCUT2D eigenvalue weighted by atomic mass is 9.80. The first-order valence-electron chi connectivity index (χ1n) is 7.48. The van der Waals surface area contributed by atoms with Crippen molar-refractivity contribution in [3.63, 3.8) is 0 Å². The number of nitrogens with one attached hydrogen (secondary N) is 1. The number of fused-ring (bicyclic) bond motifs is 2. The highest BCUT2D eigenvalue weighted by Crippen LogP contribution is 2.53. The minimum absolute atomic E-state index is 0.0397. The van der Waals surface area contributed by atoms with E-state index in [1.54, 1.807) is 0 Å². The van der Waals surface area contributed by atoms with E-state index in [1.807, 2.05) is 6.92 Å². The van der Waals surface area contributed by atoms with Gasteiger partial charge in [-0.25, -0.2) is 8.78 Å². The molecule has 2 saturated carbocycles. The van der Waals surface area contributed by atoms with Gasteiger partial charge in [-0.1, -0.05) is 24.9 Å². The molecule has 1 N–H and O–H groups in total. The Bertz CT molecular complexity index is 505. The Hall–Kier alpha value is -0.670. The van der Waals surface area contributed by atoms with Gasteiger partial charge in [0, 0.05) is 11.1 Å². The Morgan fingerprint density at radius 2 is 2.00 bits per heavy atom. The average molecular weight is 300 g/mol. The highest BCUT2D eigenvalue weighted by Gasteiger charge is 2.43. The summed E-state index contributed by atoms with van der Waals surface area (Å²) < 4.78 is 26.8. The molecule has 20 heavy (non-hydrogen) atoms. The highest BCUT2D eigenvalue weighted by molar-refractivity contribution is 6.31. The molecule has 3 rings (SSSR count). The van der Waals surface area contributed by atoms with Crippen molar-refractivity contribution >= 4 is 11.6 Å². The quantitative estimate of drug-likeness (QED) is 0.794. The topological polar surface area (TPSA) is 12.0 Å². The standard InChI is InChI=1S/C16H20ClF2N/c1-2-20-16(11-6-9-3-4-10(11)5-9)12-7-14(18)15(19)8-13(12)17/h7-11,16,20H,2-6H2,1H3. The molecule has 4 unspecified atom stereocenters. The summed E-state index contributed by atoms with van der Waals surface area (Å²) in [6.45, 7) is 2.84. The molecule has 2 aliphatic rings. The second kappa shape index (κ2) is 5.61. The van der Waals surface area contributed by atoms with Crippen molar-refractivity contribution in [3.05, 3.63) is 34.4 Å². The van der Waals surface area contributed by atoms with Gasteiger partial charge in [0.25, 0.3) is 0 Å². The van der Waals surface area contributed by atoms with Crippen LogP contribution in [-0.4, -0.2) is 6.54 Å². The number of benzene rings is 1. The second-order valence-electron chi connectivity index (χ2n) is 6.16. The third kappa shape index (κ3) is 2.46. The maximum Gasteiger partial charge on any atom is 0.160 e. The van der Waals surface area contributed by atoms with Gasteiger partial charge in [-0.3, -0.25) is 0 Å². The lowest BCUT2D eigenvalue weighted by Gasteiger charge is -2.32. The molecular weight excluding hydrogens is 280 g/mol. The van der Waals surface area contributed by atoms with Crippen LogP contribution in [0.5, 0.6) is 0 Å². The van der Waals surface area contributed by atoms with Gasteiger partial charge in [-0.2, -0.15) is 0 Å². The monoisotopic (exact) mass is 299 g/mol. The van der Waals surface area contributed by atoms with Crippen LogP contribution in [-0.2, 0) is 0 Å². The zero-order valence-electron chi connectivity index (χ0n) is 11.6. The predicted octanol–water partition coefficient (Wildman–Crippen LogP) is 4.71. The molecule has 1 nitrogen and oxygen atoms in total. The van der Waals surface area contributed by atoms with Gasteiger partial charge < -0.3 is 5.32 Å². The Balaban J connectivity index is 1.92. The van der Waals surface area contributed by atoms with Crippen molar-refractivity contribution < 1.29 is 8.78 Å². The summed E-state index contributed by atoms with van der Waals surface area (Å²) in [5.41, 5.74) is 0.713. The van der Waals surface area contributed by atoms with Gasteiger partial charge in [-0.15, -0.1) is 0 Å². The summed E-state index contributed by atoms with van der Waals surface area (Å²) in [6.07, 6.45) is 5.05. The molecule has 0 saturated heterocycles. The minimum Gasteiger partial charge on any atom is -0.310 e. The lowest BCUT2D eigenvalue weighted by molar-refractivity contribution is 0.252. The third-order valence-corrected chi connectivity index (χ3v) is 5.35. The van der Waals surface area contributed by atoms with Crippen LogP contribution in [0.1, 0.15) is 44.2 Å². The van der Waals surface area contributed by atoms with E-state index < -0.39 is 11.6 Å². The van der Waals surface area contributed by atoms with Crippen LogP contribution in [0.2, 0.25) is 5.02 Å². The van der Waals surface area contributed by atoms with Crippen molar-refractivity contribution in [1.29, 1.82) is 0 Å². The van der Waals surface area contributed by atoms with Crippen LogP contribution in [0.15, 0.2) is 12.1 Å². The fourth-order valence-electron chi connectivity index (χ4n) is 4.19. The van der Waals surface area contributed by atoms with Crippen LogP contribution in [0.25, 0.3) is 0 Å². The van der Waals surface area contributed by atoms with Gasteiger partial charge in [0.15, 0.2) is 11.6 Å². The molecule has 2 bridgehead atoms. The number of halogens is 3. The van der Waals surface area contributed by atoms with Gasteiger partial charge >= 0.3 is 0 Å². The van der Waals surface area contributed by atoms with Gasteiger partial charge in [0.05, 0.1) is 0 Å². The van der Waals surface area contributed by atoms with Crippen LogP contribution in [0.4, 0.5) is 8.78 Å². The SMILES string of the molecule is CCNC(c1cc(F)c(F)cc1Cl)C1CC2CCC1C2. The van der Waals surface area contributed by atoms with Crippen LogP contribution < -0.4 is 5.32 Å². The molecule has 2 aliphatic carbocycles. The summed E-state index contributed by atoms with van der Waals surface area (Å²) in [5.74, 6) is 0.330. The van der Waals surface area contributed by atoms with Gasteiger partial charge in [-0.05, 0) is 61.3 Å². The van der Waals surface area contributed by atoms with Crippen molar-refractivity contribution in [2.75, 3.05) is 6.54 Å². The fraction of sp³-hybridized carbons (Fsp3) is 0.625. The molecule has 0 amide bonds. The predicted molar refractivity (Wildman–Crippen MR) is 76.7 cm³/mol. The Kier molecular flexibility index (Phi) is 4.00. The first-order valence-corrected chi connectivity index (χ1v) is 7.85. The van der Waals surface area contributed by atoms with E-state index >= 15 is 0 Å². The molecule has 1 aromatic rings. The van der Waals surface area contributed by atoms with E-state index in [4.69, 9.17) is 11.6 Å². The van der Waals surface area contributed by atoms with Gasteiger partial charge in [0.1, 0.15) is 0 Å². The van der Waals surface area contributed by atoms with E-state index in [2.05, 4.69) is 5.32 Å². The molecule has 4 atom stereocenters. The largest absolute Gasteiger partial charge is 0.310 e.